The summed E-state index contributed by atoms with van der Waals surface area (Å²) in [4.78, 5) is 22.2. The number of rotatable bonds is 5. The van der Waals surface area contributed by atoms with Crippen molar-refractivity contribution in [3.05, 3.63) is 35.9 Å². The highest BCUT2D eigenvalue weighted by atomic mass is 19.3. The van der Waals surface area contributed by atoms with E-state index in [-0.39, 0.29) is 0 Å². The van der Waals surface area contributed by atoms with E-state index in [2.05, 4.69) is 4.74 Å². The van der Waals surface area contributed by atoms with Gasteiger partial charge < -0.3 is 9.84 Å². The van der Waals surface area contributed by atoms with Gasteiger partial charge in [0.2, 0.25) is 0 Å². The predicted octanol–water partition coefficient (Wildman–Crippen LogP) is 3.69. The first-order valence-corrected chi connectivity index (χ1v) is 6.90. The monoisotopic (exact) mass is 369 g/mol. The molecule has 0 saturated carbocycles. The zero-order valence-corrected chi connectivity index (χ0v) is 13.4. The Balaban J connectivity index is 3.45. The van der Waals surface area contributed by atoms with Gasteiger partial charge in [0.05, 0.1) is 0 Å². The Labute approximate surface area is 139 Å². The van der Waals surface area contributed by atoms with Gasteiger partial charge >= 0.3 is 23.9 Å². The summed E-state index contributed by atoms with van der Waals surface area (Å²) in [5.74, 6) is -19.4. The number of hydrogen-bond acceptors (Lipinski definition) is 3. The van der Waals surface area contributed by atoms with E-state index in [1.165, 1.54) is 26.8 Å². The number of hydrogen-bond donors (Lipinski definition) is 2. The third-order valence-corrected chi connectivity index (χ3v) is 2.94. The molecule has 0 heterocycles. The molecule has 1 unspecified atom stereocenters. The fourth-order valence-corrected chi connectivity index (χ4v) is 1.79. The maximum Gasteiger partial charge on any atom is 0.410 e. The van der Waals surface area contributed by atoms with Gasteiger partial charge in [0.25, 0.3) is 5.79 Å². The minimum absolute atomic E-state index is 0.698. The molecule has 0 aromatic heterocycles. The van der Waals surface area contributed by atoms with Gasteiger partial charge in [0.15, 0.2) is 0 Å². The summed E-state index contributed by atoms with van der Waals surface area (Å²) in [5.41, 5.74) is -2.32. The van der Waals surface area contributed by atoms with E-state index in [1.54, 1.807) is 0 Å². The van der Waals surface area contributed by atoms with E-state index in [1.807, 2.05) is 0 Å². The van der Waals surface area contributed by atoms with Crippen LogP contribution in [-0.2, 0) is 15.3 Å². The molecule has 5 nitrogen and oxygen atoms in total. The van der Waals surface area contributed by atoms with Crippen LogP contribution in [0.25, 0.3) is 0 Å². The quantitative estimate of drug-likeness (QED) is 0.613. The summed E-state index contributed by atoms with van der Waals surface area (Å²) in [5, 5.41) is 9.41. The number of halogens is 5. The minimum atomic E-state index is -5.83. The number of alkyl carbamates (subject to hydrolysis) is 1. The molecule has 2 N–H and O–H groups in total. The number of carbonyl (C=O) groups excluding carboxylic acids is 1. The van der Waals surface area contributed by atoms with Crippen LogP contribution in [0.2, 0.25) is 0 Å². The highest BCUT2D eigenvalue weighted by Gasteiger charge is 2.75. The van der Waals surface area contributed by atoms with Crippen molar-refractivity contribution in [2.75, 3.05) is 0 Å². The summed E-state index contributed by atoms with van der Waals surface area (Å²) in [6, 6.07) is 4.78. The van der Waals surface area contributed by atoms with Crippen LogP contribution in [0, 0.1) is 0 Å². The number of ether oxygens (including phenoxy) is 1. The van der Waals surface area contributed by atoms with Gasteiger partial charge in [-0.3, -0.25) is 5.32 Å². The number of nitrogens with one attached hydrogen (secondary N) is 1. The summed E-state index contributed by atoms with van der Waals surface area (Å²) < 4.78 is 75.1. The van der Waals surface area contributed by atoms with Crippen LogP contribution in [0.5, 0.6) is 0 Å². The summed E-state index contributed by atoms with van der Waals surface area (Å²) in [7, 11) is 0. The van der Waals surface area contributed by atoms with Crippen molar-refractivity contribution in [2.24, 2.45) is 0 Å². The first kappa shape index (κ1) is 20.7. The molecule has 25 heavy (non-hydrogen) atoms. The molecule has 0 fully saturated rings. The Morgan fingerprint density at radius 1 is 1.00 bits per heavy atom. The fourth-order valence-electron chi connectivity index (χ4n) is 1.79. The van der Waals surface area contributed by atoms with Crippen LogP contribution < -0.4 is 5.32 Å². The Kier molecular flexibility index (Phi) is 5.36. The molecule has 1 atom stereocenters. The number of aliphatic carboxylic acids is 1. The SMILES string of the molecule is CC(C)(C)OC(=O)NC(F)(c1ccccc1)C(F)(F)C(F)(F)C(=O)O. The van der Waals surface area contributed by atoms with Gasteiger partial charge in [-0.05, 0) is 20.8 Å². The molecule has 0 aliphatic carbocycles. The molecule has 1 rings (SSSR count). The summed E-state index contributed by atoms with van der Waals surface area (Å²) >= 11 is 0. The topological polar surface area (TPSA) is 75.6 Å². The van der Waals surface area contributed by atoms with Gasteiger partial charge in [-0.1, -0.05) is 30.3 Å². The number of alkyl halides is 5. The highest BCUT2D eigenvalue weighted by Crippen LogP contribution is 2.48. The van der Waals surface area contributed by atoms with Gasteiger partial charge in [0.1, 0.15) is 5.60 Å². The van der Waals surface area contributed by atoms with Crippen molar-refractivity contribution in [1.29, 1.82) is 0 Å². The largest absolute Gasteiger partial charge is 0.477 e. The Morgan fingerprint density at radius 2 is 1.48 bits per heavy atom. The van der Waals surface area contributed by atoms with Gasteiger partial charge in [0, 0.05) is 5.56 Å². The summed E-state index contributed by atoms with van der Waals surface area (Å²) in [6.07, 6.45) is -1.76. The molecule has 0 aliphatic rings. The lowest BCUT2D eigenvalue weighted by Crippen LogP contribution is -2.65. The minimum Gasteiger partial charge on any atom is -0.477 e. The van der Waals surface area contributed by atoms with Gasteiger partial charge in [-0.25, -0.2) is 14.0 Å². The average molecular weight is 369 g/mol. The van der Waals surface area contributed by atoms with Crippen molar-refractivity contribution in [3.63, 3.8) is 0 Å². The molecular formula is C15H16F5NO4. The van der Waals surface area contributed by atoms with Crippen LogP contribution in [0.1, 0.15) is 26.3 Å². The van der Waals surface area contributed by atoms with Crippen molar-refractivity contribution < 1.29 is 41.4 Å². The zero-order chi connectivity index (χ0) is 19.7. The fraction of sp³-hybridized carbons (Fsp3) is 0.467. The van der Waals surface area contributed by atoms with Crippen LogP contribution >= 0.6 is 0 Å². The predicted molar refractivity (Wildman–Crippen MR) is 76.1 cm³/mol. The highest BCUT2D eigenvalue weighted by molar-refractivity contribution is 5.78. The second-order valence-corrected chi connectivity index (χ2v) is 6.11. The lowest BCUT2D eigenvalue weighted by molar-refractivity contribution is -0.279. The van der Waals surface area contributed by atoms with Crippen molar-refractivity contribution in [3.8, 4) is 0 Å². The molecule has 1 aromatic carbocycles. The zero-order valence-electron chi connectivity index (χ0n) is 13.4. The van der Waals surface area contributed by atoms with E-state index in [0.717, 1.165) is 17.4 Å². The second kappa shape index (κ2) is 6.49. The maximum absolute atomic E-state index is 15.1. The van der Waals surface area contributed by atoms with Crippen LogP contribution in [0.15, 0.2) is 30.3 Å². The molecular weight excluding hydrogens is 353 g/mol. The molecule has 0 bridgehead atoms. The lowest BCUT2D eigenvalue weighted by Gasteiger charge is -2.37. The van der Waals surface area contributed by atoms with Gasteiger partial charge in [-0.2, -0.15) is 17.6 Å². The third kappa shape index (κ3) is 3.99. The first-order chi connectivity index (χ1) is 11.1. The second-order valence-electron chi connectivity index (χ2n) is 6.11. The van der Waals surface area contributed by atoms with Crippen molar-refractivity contribution >= 4 is 12.1 Å². The van der Waals surface area contributed by atoms with Crippen LogP contribution in [0.3, 0.4) is 0 Å². The number of benzene rings is 1. The molecule has 0 radical (unpaired) electrons. The molecule has 0 aliphatic heterocycles. The number of amides is 1. The maximum atomic E-state index is 15.1. The molecule has 0 saturated heterocycles. The average Bonchev–Trinajstić information content (AvgIpc) is 2.45. The lowest BCUT2D eigenvalue weighted by atomic mass is 9.93. The molecule has 1 aromatic rings. The van der Waals surface area contributed by atoms with Crippen molar-refractivity contribution in [1.82, 2.24) is 5.32 Å². The van der Waals surface area contributed by atoms with Crippen LogP contribution in [0.4, 0.5) is 26.7 Å². The first-order valence-electron chi connectivity index (χ1n) is 6.90. The van der Waals surface area contributed by atoms with E-state index in [0.29, 0.717) is 12.1 Å². The van der Waals surface area contributed by atoms with E-state index < -0.39 is 40.9 Å². The Morgan fingerprint density at radius 3 is 1.88 bits per heavy atom. The number of carboxylic acids is 1. The third-order valence-electron chi connectivity index (χ3n) is 2.94. The molecule has 1 amide bonds. The standard InChI is InChI=1S/C15H16F5NO4/c1-12(2,3)25-11(24)21-14(18,9-7-5-4-6-8-9)15(19,20)13(16,17)10(22)23/h4-8H,1-3H3,(H,21,24)(H,22,23). The molecule has 10 heteroatoms. The number of carbonyl (C=O) groups is 2. The van der Waals surface area contributed by atoms with E-state index in [9.17, 15) is 27.2 Å². The summed E-state index contributed by atoms with van der Waals surface area (Å²) in [6.45, 7) is 4.00. The van der Waals surface area contributed by atoms with E-state index in [4.69, 9.17) is 5.11 Å². The Hall–Kier alpha value is -2.39. The Bertz CT molecular complexity index is 645. The molecule has 140 valence electrons. The smallest absolute Gasteiger partial charge is 0.410 e. The van der Waals surface area contributed by atoms with E-state index >= 15 is 4.39 Å². The van der Waals surface area contributed by atoms with Crippen LogP contribution in [-0.4, -0.2) is 34.6 Å². The van der Waals surface area contributed by atoms with Crippen molar-refractivity contribution in [2.45, 2.75) is 44.0 Å². The normalized spacial score (nSPS) is 15.2. The number of carboxylic acid groups (broad SMARTS) is 1. The van der Waals surface area contributed by atoms with Gasteiger partial charge in [-0.15, -0.1) is 0 Å². The molecule has 0 spiro atoms.